The average Bonchev–Trinajstić information content (AvgIpc) is 2.59. The third-order valence-electron chi connectivity index (χ3n) is 3.53. The SMILES string of the molecule is COc1ccc(S(=O)(=O)NCCCc2ccc(O)cc2)c(OC)c1. The van der Waals surface area contributed by atoms with Crippen LogP contribution in [-0.2, 0) is 16.4 Å². The minimum Gasteiger partial charge on any atom is -0.508 e. The number of nitrogens with one attached hydrogen (secondary N) is 1. The molecule has 2 aromatic rings. The summed E-state index contributed by atoms with van der Waals surface area (Å²) >= 11 is 0. The van der Waals surface area contributed by atoms with Crippen molar-refractivity contribution in [3.8, 4) is 17.2 Å². The number of aryl methyl sites for hydroxylation is 1. The molecule has 2 aromatic carbocycles. The molecule has 0 spiro atoms. The molecule has 0 amide bonds. The Labute approximate surface area is 142 Å². The largest absolute Gasteiger partial charge is 0.508 e. The zero-order valence-electron chi connectivity index (χ0n) is 13.7. The van der Waals surface area contributed by atoms with Crippen molar-refractivity contribution in [1.29, 1.82) is 0 Å². The van der Waals surface area contributed by atoms with Crippen LogP contribution in [-0.4, -0.2) is 34.3 Å². The van der Waals surface area contributed by atoms with Crippen LogP contribution in [0.3, 0.4) is 0 Å². The van der Waals surface area contributed by atoms with Crippen LogP contribution in [0.25, 0.3) is 0 Å². The zero-order valence-corrected chi connectivity index (χ0v) is 14.5. The number of phenols is 1. The molecule has 2 rings (SSSR count). The molecule has 0 saturated carbocycles. The monoisotopic (exact) mass is 351 g/mol. The molecule has 6 nitrogen and oxygen atoms in total. The number of hydrogen-bond acceptors (Lipinski definition) is 5. The molecular weight excluding hydrogens is 330 g/mol. The van der Waals surface area contributed by atoms with Gasteiger partial charge in [0.05, 0.1) is 14.2 Å². The van der Waals surface area contributed by atoms with E-state index < -0.39 is 10.0 Å². The molecule has 0 aliphatic heterocycles. The van der Waals surface area contributed by atoms with Gasteiger partial charge in [0.25, 0.3) is 0 Å². The minimum atomic E-state index is -3.66. The molecule has 0 aliphatic carbocycles. The first-order valence-electron chi connectivity index (χ1n) is 7.46. The summed E-state index contributed by atoms with van der Waals surface area (Å²) in [6.07, 6.45) is 1.35. The summed E-state index contributed by atoms with van der Waals surface area (Å²) < 4.78 is 37.6. The highest BCUT2D eigenvalue weighted by Crippen LogP contribution is 2.28. The van der Waals surface area contributed by atoms with Gasteiger partial charge in [-0.05, 0) is 42.7 Å². The van der Waals surface area contributed by atoms with Gasteiger partial charge in [-0.25, -0.2) is 13.1 Å². The van der Waals surface area contributed by atoms with E-state index in [0.717, 1.165) is 5.56 Å². The fraction of sp³-hybridized carbons (Fsp3) is 0.294. The van der Waals surface area contributed by atoms with E-state index in [-0.39, 0.29) is 16.4 Å². The Morgan fingerprint density at radius 3 is 2.38 bits per heavy atom. The van der Waals surface area contributed by atoms with Crippen molar-refractivity contribution in [2.45, 2.75) is 17.7 Å². The van der Waals surface area contributed by atoms with Gasteiger partial charge in [-0.15, -0.1) is 0 Å². The van der Waals surface area contributed by atoms with E-state index in [4.69, 9.17) is 9.47 Å². The van der Waals surface area contributed by atoms with Crippen LogP contribution >= 0.6 is 0 Å². The molecule has 0 fully saturated rings. The van der Waals surface area contributed by atoms with Gasteiger partial charge in [0.1, 0.15) is 22.1 Å². The molecule has 0 radical (unpaired) electrons. The van der Waals surface area contributed by atoms with Crippen LogP contribution in [0.5, 0.6) is 17.2 Å². The topological polar surface area (TPSA) is 84.9 Å². The van der Waals surface area contributed by atoms with E-state index in [2.05, 4.69) is 4.72 Å². The Bertz CT molecular complexity index is 772. The summed E-state index contributed by atoms with van der Waals surface area (Å²) in [6.45, 7) is 0.304. The number of rotatable bonds is 8. The number of ether oxygens (including phenoxy) is 2. The fourth-order valence-electron chi connectivity index (χ4n) is 2.24. The normalized spacial score (nSPS) is 11.2. The summed E-state index contributed by atoms with van der Waals surface area (Å²) in [5, 5.41) is 9.24. The highest BCUT2D eigenvalue weighted by atomic mass is 32.2. The van der Waals surface area contributed by atoms with E-state index in [1.165, 1.54) is 26.4 Å². The number of benzene rings is 2. The van der Waals surface area contributed by atoms with Crippen molar-refractivity contribution in [1.82, 2.24) is 4.72 Å². The van der Waals surface area contributed by atoms with Gasteiger partial charge in [-0.3, -0.25) is 0 Å². The van der Waals surface area contributed by atoms with E-state index in [1.54, 1.807) is 18.2 Å². The highest BCUT2D eigenvalue weighted by molar-refractivity contribution is 7.89. The Kier molecular flexibility index (Phi) is 6.05. The first-order chi connectivity index (χ1) is 11.5. The van der Waals surface area contributed by atoms with Crippen molar-refractivity contribution in [2.24, 2.45) is 0 Å². The zero-order chi connectivity index (χ0) is 17.6. The summed E-state index contributed by atoms with van der Waals surface area (Å²) in [7, 11) is -0.740. The molecule has 0 bridgehead atoms. The van der Waals surface area contributed by atoms with Crippen LogP contribution in [0.1, 0.15) is 12.0 Å². The van der Waals surface area contributed by atoms with Gasteiger partial charge in [-0.1, -0.05) is 12.1 Å². The van der Waals surface area contributed by atoms with Gasteiger partial charge in [0.2, 0.25) is 10.0 Å². The van der Waals surface area contributed by atoms with Crippen molar-refractivity contribution in [3.63, 3.8) is 0 Å². The molecule has 0 unspecified atom stereocenters. The molecule has 7 heteroatoms. The van der Waals surface area contributed by atoms with Crippen LogP contribution in [0.4, 0.5) is 0 Å². The molecule has 0 atom stereocenters. The molecule has 2 N–H and O–H groups in total. The summed E-state index contributed by atoms with van der Waals surface area (Å²) in [4.78, 5) is 0.0791. The third kappa shape index (κ3) is 4.62. The Morgan fingerprint density at radius 1 is 1.04 bits per heavy atom. The summed E-state index contributed by atoms with van der Waals surface area (Å²) in [5.74, 6) is 0.976. The first-order valence-corrected chi connectivity index (χ1v) is 8.94. The maximum atomic E-state index is 12.4. The highest BCUT2D eigenvalue weighted by Gasteiger charge is 2.19. The minimum absolute atomic E-state index is 0.0791. The Balaban J connectivity index is 1.97. The molecule has 0 aliphatic rings. The lowest BCUT2D eigenvalue weighted by Crippen LogP contribution is -2.25. The number of phenolic OH excluding ortho intramolecular Hbond substituents is 1. The van der Waals surface area contributed by atoms with E-state index in [0.29, 0.717) is 25.1 Å². The lowest BCUT2D eigenvalue weighted by molar-refractivity contribution is 0.386. The average molecular weight is 351 g/mol. The molecule has 0 heterocycles. The second-order valence-electron chi connectivity index (χ2n) is 5.18. The van der Waals surface area contributed by atoms with Crippen molar-refractivity contribution in [3.05, 3.63) is 48.0 Å². The fourth-order valence-corrected chi connectivity index (χ4v) is 3.46. The lowest BCUT2D eigenvalue weighted by atomic mass is 10.1. The first kappa shape index (κ1) is 18.1. The van der Waals surface area contributed by atoms with Gasteiger partial charge >= 0.3 is 0 Å². The van der Waals surface area contributed by atoms with E-state index in [1.807, 2.05) is 12.1 Å². The van der Waals surface area contributed by atoms with Crippen molar-refractivity contribution in [2.75, 3.05) is 20.8 Å². The second-order valence-corrected chi connectivity index (χ2v) is 6.92. The van der Waals surface area contributed by atoms with Crippen LogP contribution in [0.15, 0.2) is 47.4 Å². The predicted octanol–water partition coefficient (Wildman–Crippen LogP) is 2.32. The van der Waals surface area contributed by atoms with Crippen LogP contribution in [0, 0.1) is 0 Å². The predicted molar refractivity (Wildman–Crippen MR) is 91.2 cm³/mol. The van der Waals surface area contributed by atoms with Crippen LogP contribution in [0.2, 0.25) is 0 Å². The summed E-state index contributed by atoms with van der Waals surface area (Å²) in [6, 6.07) is 11.4. The molecule has 0 aromatic heterocycles. The number of methoxy groups -OCH3 is 2. The molecular formula is C17H21NO5S. The lowest BCUT2D eigenvalue weighted by Gasteiger charge is -2.12. The molecule has 24 heavy (non-hydrogen) atoms. The third-order valence-corrected chi connectivity index (χ3v) is 5.03. The van der Waals surface area contributed by atoms with Gasteiger partial charge in [-0.2, -0.15) is 0 Å². The van der Waals surface area contributed by atoms with E-state index in [9.17, 15) is 13.5 Å². The quantitative estimate of drug-likeness (QED) is 0.713. The Morgan fingerprint density at radius 2 is 1.75 bits per heavy atom. The van der Waals surface area contributed by atoms with Crippen molar-refractivity contribution >= 4 is 10.0 Å². The van der Waals surface area contributed by atoms with Gasteiger partial charge in [0, 0.05) is 12.6 Å². The number of hydrogen-bond donors (Lipinski definition) is 2. The molecule has 0 saturated heterocycles. The number of aromatic hydroxyl groups is 1. The standard InChI is InChI=1S/C17H21NO5S/c1-22-15-9-10-17(16(12-15)23-2)24(20,21)18-11-3-4-13-5-7-14(19)8-6-13/h5-10,12,18-19H,3-4,11H2,1-2H3. The van der Waals surface area contributed by atoms with E-state index >= 15 is 0 Å². The van der Waals surface area contributed by atoms with Gasteiger partial charge in [0.15, 0.2) is 0 Å². The maximum absolute atomic E-state index is 12.4. The van der Waals surface area contributed by atoms with Gasteiger partial charge < -0.3 is 14.6 Å². The van der Waals surface area contributed by atoms with Crippen molar-refractivity contribution < 1.29 is 23.0 Å². The second kappa shape index (κ2) is 8.03. The number of sulfonamides is 1. The van der Waals surface area contributed by atoms with Crippen LogP contribution < -0.4 is 14.2 Å². The maximum Gasteiger partial charge on any atom is 0.244 e. The molecule has 130 valence electrons. The smallest absolute Gasteiger partial charge is 0.244 e. The Hall–Kier alpha value is -2.25. The summed E-state index contributed by atoms with van der Waals surface area (Å²) in [5.41, 5.74) is 1.04.